The van der Waals surface area contributed by atoms with Crippen LogP contribution in [0.15, 0.2) is 48.5 Å². The molecule has 0 bridgehead atoms. The molecule has 0 unspecified atom stereocenters. The number of halogens is 1. The van der Waals surface area contributed by atoms with Gasteiger partial charge < -0.3 is 10.4 Å². The van der Waals surface area contributed by atoms with Crippen molar-refractivity contribution < 1.29 is 14.3 Å². The van der Waals surface area contributed by atoms with E-state index < -0.39 is 0 Å². The quantitative estimate of drug-likeness (QED) is 0.775. The molecule has 3 rings (SSSR count). The lowest BCUT2D eigenvalue weighted by molar-refractivity contribution is 0.0955. The Morgan fingerprint density at radius 1 is 1.14 bits per heavy atom. The van der Waals surface area contributed by atoms with Gasteiger partial charge in [-0.2, -0.15) is 0 Å². The Morgan fingerprint density at radius 2 is 1.90 bits per heavy atom. The van der Waals surface area contributed by atoms with Crippen LogP contribution in [0.1, 0.15) is 15.2 Å². The van der Waals surface area contributed by atoms with E-state index in [4.69, 9.17) is 0 Å². The summed E-state index contributed by atoms with van der Waals surface area (Å²) in [4.78, 5) is 12.6. The number of thiophene rings is 1. The van der Waals surface area contributed by atoms with Crippen LogP contribution in [0.4, 0.5) is 4.39 Å². The summed E-state index contributed by atoms with van der Waals surface area (Å²) in [6.07, 6.45) is 0. The summed E-state index contributed by atoms with van der Waals surface area (Å²) in [7, 11) is 0. The van der Waals surface area contributed by atoms with Gasteiger partial charge in [0.15, 0.2) is 0 Å². The Balaban J connectivity index is 1.73. The summed E-state index contributed by atoms with van der Waals surface area (Å²) in [6.45, 7) is 0.377. The number of amides is 1. The van der Waals surface area contributed by atoms with E-state index in [1.165, 1.54) is 23.5 Å². The van der Waals surface area contributed by atoms with Gasteiger partial charge in [0.05, 0.1) is 4.88 Å². The molecule has 0 saturated carbocycles. The van der Waals surface area contributed by atoms with E-state index in [1.54, 1.807) is 36.4 Å². The van der Waals surface area contributed by atoms with Crippen LogP contribution in [0, 0.1) is 5.82 Å². The number of carbonyl (C=O) groups is 1. The van der Waals surface area contributed by atoms with Crippen LogP contribution in [-0.2, 0) is 6.54 Å². The number of rotatable bonds is 3. The van der Waals surface area contributed by atoms with Crippen LogP contribution in [0.25, 0.3) is 10.1 Å². The van der Waals surface area contributed by atoms with Crippen molar-refractivity contribution in [3.63, 3.8) is 0 Å². The third kappa shape index (κ3) is 3.03. The Morgan fingerprint density at radius 3 is 2.67 bits per heavy atom. The van der Waals surface area contributed by atoms with Crippen LogP contribution in [0.3, 0.4) is 0 Å². The molecule has 5 heteroatoms. The van der Waals surface area contributed by atoms with Crippen molar-refractivity contribution in [2.75, 3.05) is 0 Å². The van der Waals surface area contributed by atoms with Crippen molar-refractivity contribution in [1.29, 1.82) is 0 Å². The molecule has 0 aliphatic heterocycles. The van der Waals surface area contributed by atoms with Gasteiger partial charge in [0.25, 0.3) is 5.91 Å². The molecule has 0 aliphatic carbocycles. The van der Waals surface area contributed by atoms with E-state index in [-0.39, 0.29) is 17.5 Å². The normalized spacial score (nSPS) is 10.7. The third-order valence-electron chi connectivity index (χ3n) is 3.10. The number of phenols is 1. The van der Waals surface area contributed by atoms with Crippen molar-refractivity contribution in [3.05, 3.63) is 64.8 Å². The van der Waals surface area contributed by atoms with Crippen LogP contribution < -0.4 is 5.32 Å². The number of phenolic OH excluding ortho intramolecular Hbond substituents is 1. The summed E-state index contributed by atoms with van der Waals surface area (Å²) in [5.74, 6) is -0.304. The maximum atomic E-state index is 13.1. The van der Waals surface area contributed by atoms with Gasteiger partial charge in [-0.15, -0.1) is 11.3 Å². The molecule has 1 aromatic heterocycles. The molecular formula is C16H12FNO2S. The van der Waals surface area contributed by atoms with E-state index in [0.29, 0.717) is 11.4 Å². The van der Waals surface area contributed by atoms with Crippen molar-refractivity contribution in [2.24, 2.45) is 0 Å². The minimum absolute atomic E-state index is 0.190. The lowest BCUT2D eigenvalue weighted by Crippen LogP contribution is -2.21. The van der Waals surface area contributed by atoms with Gasteiger partial charge in [0.1, 0.15) is 11.6 Å². The fourth-order valence-electron chi connectivity index (χ4n) is 2.00. The highest BCUT2D eigenvalue weighted by atomic mass is 32.1. The van der Waals surface area contributed by atoms with E-state index in [1.807, 2.05) is 0 Å². The number of benzene rings is 2. The molecule has 0 saturated heterocycles. The zero-order valence-corrected chi connectivity index (χ0v) is 11.8. The second kappa shape index (κ2) is 5.54. The topological polar surface area (TPSA) is 49.3 Å². The highest BCUT2D eigenvalue weighted by molar-refractivity contribution is 7.20. The first-order chi connectivity index (χ1) is 10.1. The molecule has 106 valence electrons. The average molecular weight is 301 g/mol. The van der Waals surface area contributed by atoms with Crippen molar-refractivity contribution in [3.8, 4) is 5.75 Å². The smallest absolute Gasteiger partial charge is 0.261 e. The number of aromatic hydroxyl groups is 1. The minimum atomic E-state index is -0.305. The number of hydrogen-bond donors (Lipinski definition) is 2. The summed E-state index contributed by atoms with van der Waals surface area (Å²) in [5, 5.41) is 12.9. The Hall–Kier alpha value is -2.40. The highest BCUT2D eigenvalue weighted by Crippen LogP contribution is 2.26. The van der Waals surface area contributed by atoms with Crippen LogP contribution in [0.5, 0.6) is 5.75 Å². The Bertz CT molecular complexity index is 796. The van der Waals surface area contributed by atoms with Crippen LogP contribution >= 0.6 is 11.3 Å². The maximum Gasteiger partial charge on any atom is 0.261 e. The molecule has 3 nitrogen and oxygen atoms in total. The molecule has 1 amide bonds. The highest BCUT2D eigenvalue weighted by Gasteiger charge is 2.10. The summed E-state index contributed by atoms with van der Waals surface area (Å²) >= 11 is 1.27. The van der Waals surface area contributed by atoms with Crippen LogP contribution in [0.2, 0.25) is 0 Å². The third-order valence-corrected chi connectivity index (χ3v) is 4.19. The lowest BCUT2D eigenvalue weighted by atomic mass is 10.2. The fourth-order valence-corrected chi connectivity index (χ4v) is 3.00. The molecule has 0 atom stereocenters. The molecule has 0 radical (unpaired) electrons. The molecular weight excluding hydrogens is 289 g/mol. The van der Waals surface area contributed by atoms with Crippen molar-refractivity contribution >= 4 is 27.3 Å². The minimum Gasteiger partial charge on any atom is -0.508 e. The molecule has 2 N–H and O–H groups in total. The maximum absolute atomic E-state index is 13.1. The number of nitrogens with one attached hydrogen (secondary N) is 1. The molecule has 21 heavy (non-hydrogen) atoms. The molecule has 0 fully saturated rings. The fraction of sp³-hybridized carbons (Fsp3) is 0.0625. The van der Waals surface area contributed by atoms with Gasteiger partial charge in [-0.3, -0.25) is 4.79 Å². The lowest BCUT2D eigenvalue weighted by Gasteiger charge is -2.03. The molecule has 1 heterocycles. The Labute approximate surface area is 124 Å². The second-order valence-electron chi connectivity index (χ2n) is 4.64. The summed E-state index contributed by atoms with van der Waals surface area (Å²) < 4.78 is 13.9. The monoisotopic (exact) mass is 301 g/mol. The van der Waals surface area contributed by atoms with Gasteiger partial charge in [0, 0.05) is 11.2 Å². The van der Waals surface area contributed by atoms with Crippen molar-refractivity contribution in [1.82, 2.24) is 5.32 Å². The van der Waals surface area contributed by atoms with Gasteiger partial charge in [-0.25, -0.2) is 4.39 Å². The zero-order valence-electron chi connectivity index (χ0n) is 11.0. The first kappa shape index (κ1) is 13.6. The first-order valence-corrected chi connectivity index (χ1v) is 7.19. The predicted molar refractivity (Wildman–Crippen MR) is 81.1 cm³/mol. The average Bonchev–Trinajstić information content (AvgIpc) is 2.89. The van der Waals surface area contributed by atoms with Gasteiger partial charge in [-0.05, 0) is 41.3 Å². The molecule has 2 aromatic carbocycles. The summed E-state index contributed by atoms with van der Waals surface area (Å²) in [5.41, 5.74) is 0.897. The Kier molecular flexibility index (Phi) is 3.58. The van der Waals surface area contributed by atoms with E-state index >= 15 is 0 Å². The number of carbonyl (C=O) groups excluding carboxylic acids is 1. The molecule has 0 spiro atoms. The second-order valence-corrected chi connectivity index (χ2v) is 5.73. The zero-order chi connectivity index (χ0) is 14.8. The SMILES string of the molecule is O=C(NCc1ccc(O)cc1)c1cc2ccc(F)cc2s1. The molecule has 0 aliphatic rings. The standard InChI is InChI=1S/C16H12FNO2S/c17-12-4-3-11-7-15(21-14(11)8-12)16(20)18-9-10-1-5-13(19)6-2-10/h1-8,19H,9H2,(H,18,20). The largest absolute Gasteiger partial charge is 0.508 e. The number of fused-ring (bicyclic) bond motifs is 1. The van der Waals surface area contributed by atoms with Crippen LogP contribution in [-0.4, -0.2) is 11.0 Å². The van der Waals surface area contributed by atoms with E-state index in [0.717, 1.165) is 15.6 Å². The van der Waals surface area contributed by atoms with E-state index in [9.17, 15) is 14.3 Å². The summed E-state index contributed by atoms with van der Waals surface area (Å²) in [6, 6.07) is 12.9. The molecule has 3 aromatic rings. The number of hydrogen-bond acceptors (Lipinski definition) is 3. The van der Waals surface area contributed by atoms with Gasteiger partial charge in [0.2, 0.25) is 0 Å². The van der Waals surface area contributed by atoms with E-state index in [2.05, 4.69) is 5.32 Å². The van der Waals surface area contributed by atoms with Gasteiger partial charge >= 0.3 is 0 Å². The van der Waals surface area contributed by atoms with Crippen molar-refractivity contribution in [2.45, 2.75) is 6.54 Å². The first-order valence-electron chi connectivity index (χ1n) is 6.37. The van der Waals surface area contributed by atoms with Gasteiger partial charge in [-0.1, -0.05) is 18.2 Å². The predicted octanol–water partition coefficient (Wildman–Crippen LogP) is 3.68.